The standard InChI is InChI=1S/C27H27NO5/c29-22(17-32-24-6-3-7-25-23(24)15-26(33-25)27(30)31)16-28-12-10-19(11-13-28)21-9-8-18-4-1-2-5-20(18)14-21/h1-9,14-15,19,22,29H,10-13,16-17H2,(H,30,31). The minimum Gasteiger partial charge on any atom is -0.490 e. The second-order valence-electron chi connectivity index (χ2n) is 8.73. The maximum absolute atomic E-state index is 11.2. The Labute approximate surface area is 192 Å². The number of rotatable bonds is 7. The van der Waals surface area contributed by atoms with Crippen LogP contribution in [0.4, 0.5) is 0 Å². The lowest BCUT2D eigenvalue weighted by atomic mass is 9.88. The van der Waals surface area contributed by atoms with Crippen LogP contribution in [0.1, 0.15) is 34.9 Å². The summed E-state index contributed by atoms with van der Waals surface area (Å²) in [5, 5.41) is 22.8. The average molecular weight is 446 g/mol. The third-order valence-corrected chi connectivity index (χ3v) is 6.46. The number of hydrogen-bond acceptors (Lipinski definition) is 5. The van der Waals surface area contributed by atoms with Crippen LogP contribution < -0.4 is 4.74 Å². The fourth-order valence-corrected chi connectivity index (χ4v) is 4.71. The predicted octanol–water partition coefficient (Wildman–Crippen LogP) is 4.90. The van der Waals surface area contributed by atoms with Gasteiger partial charge >= 0.3 is 5.97 Å². The number of piperidine rings is 1. The number of likely N-dealkylation sites (tertiary alicyclic amines) is 1. The largest absolute Gasteiger partial charge is 0.490 e. The Hall–Kier alpha value is -3.35. The molecule has 0 radical (unpaired) electrons. The highest BCUT2D eigenvalue weighted by Crippen LogP contribution is 2.31. The van der Waals surface area contributed by atoms with Crippen LogP contribution in [-0.2, 0) is 0 Å². The van der Waals surface area contributed by atoms with Crippen molar-refractivity contribution in [3.05, 3.63) is 78.1 Å². The van der Waals surface area contributed by atoms with Gasteiger partial charge in [-0.1, -0.05) is 48.5 Å². The smallest absolute Gasteiger partial charge is 0.371 e. The maximum Gasteiger partial charge on any atom is 0.371 e. The summed E-state index contributed by atoms with van der Waals surface area (Å²) in [4.78, 5) is 13.4. The first-order valence-corrected chi connectivity index (χ1v) is 11.3. The molecule has 1 aliphatic heterocycles. The highest BCUT2D eigenvalue weighted by molar-refractivity contribution is 5.93. The predicted molar refractivity (Wildman–Crippen MR) is 127 cm³/mol. The van der Waals surface area contributed by atoms with Crippen molar-refractivity contribution in [3.8, 4) is 5.75 Å². The minimum absolute atomic E-state index is 0.129. The van der Waals surface area contributed by atoms with Gasteiger partial charge in [0.05, 0.1) is 5.39 Å². The summed E-state index contributed by atoms with van der Waals surface area (Å²) in [5.74, 6) is -0.195. The summed E-state index contributed by atoms with van der Waals surface area (Å²) in [6, 6.07) is 21.9. The van der Waals surface area contributed by atoms with Gasteiger partial charge < -0.3 is 24.3 Å². The van der Waals surface area contributed by atoms with Crippen molar-refractivity contribution < 1.29 is 24.2 Å². The van der Waals surface area contributed by atoms with Crippen LogP contribution in [0.2, 0.25) is 0 Å². The number of hydrogen-bond donors (Lipinski definition) is 2. The van der Waals surface area contributed by atoms with Crippen molar-refractivity contribution in [2.75, 3.05) is 26.2 Å². The van der Waals surface area contributed by atoms with E-state index in [-0.39, 0.29) is 12.4 Å². The van der Waals surface area contributed by atoms with E-state index in [1.807, 2.05) is 0 Å². The molecule has 2 N–H and O–H groups in total. The monoisotopic (exact) mass is 445 g/mol. The van der Waals surface area contributed by atoms with Crippen LogP contribution in [0.15, 0.2) is 71.1 Å². The molecule has 0 saturated carbocycles. The van der Waals surface area contributed by atoms with Gasteiger partial charge in [-0.2, -0.15) is 0 Å². The third-order valence-electron chi connectivity index (χ3n) is 6.46. The Balaban J connectivity index is 1.14. The number of ether oxygens (including phenoxy) is 1. The van der Waals surface area contributed by atoms with Gasteiger partial charge in [-0.15, -0.1) is 0 Å². The van der Waals surface area contributed by atoms with Crippen molar-refractivity contribution in [1.82, 2.24) is 4.90 Å². The number of aromatic carboxylic acids is 1. The maximum atomic E-state index is 11.2. The second kappa shape index (κ2) is 9.25. The highest BCUT2D eigenvalue weighted by Gasteiger charge is 2.23. The molecule has 5 rings (SSSR count). The van der Waals surface area contributed by atoms with Gasteiger partial charge in [0.15, 0.2) is 0 Å². The molecule has 33 heavy (non-hydrogen) atoms. The first-order chi connectivity index (χ1) is 16.1. The average Bonchev–Trinajstić information content (AvgIpc) is 3.28. The molecule has 6 heteroatoms. The zero-order valence-corrected chi connectivity index (χ0v) is 18.3. The van der Waals surface area contributed by atoms with E-state index in [1.54, 1.807) is 18.2 Å². The fourth-order valence-electron chi connectivity index (χ4n) is 4.71. The Morgan fingerprint density at radius 3 is 2.61 bits per heavy atom. The van der Waals surface area contributed by atoms with Gasteiger partial charge in [-0.25, -0.2) is 4.79 Å². The molecule has 0 spiro atoms. The highest BCUT2D eigenvalue weighted by atomic mass is 16.5. The van der Waals surface area contributed by atoms with Gasteiger partial charge in [0, 0.05) is 12.6 Å². The number of nitrogens with zero attached hydrogens (tertiary/aromatic N) is 1. The summed E-state index contributed by atoms with van der Waals surface area (Å²) in [7, 11) is 0. The molecule has 0 aliphatic carbocycles. The molecule has 1 aromatic heterocycles. The third kappa shape index (κ3) is 4.72. The van der Waals surface area contributed by atoms with Crippen molar-refractivity contribution >= 4 is 27.7 Å². The van der Waals surface area contributed by atoms with Crippen molar-refractivity contribution in [2.24, 2.45) is 0 Å². The molecule has 170 valence electrons. The number of fused-ring (bicyclic) bond motifs is 2. The Morgan fingerprint density at radius 2 is 1.82 bits per heavy atom. The molecule has 0 amide bonds. The number of carbonyl (C=O) groups is 1. The quantitative estimate of drug-likeness (QED) is 0.421. The number of benzene rings is 3. The molecule has 1 saturated heterocycles. The van der Waals surface area contributed by atoms with E-state index in [0.29, 0.717) is 29.2 Å². The number of aliphatic hydroxyl groups is 1. The van der Waals surface area contributed by atoms with E-state index in [4.69, 9.17) is 14.3 Å². The van der Waals surface area contributed by atoms with Crippen LogP contribution in [0.3, 0.4) is 0 Å². The molecule has 0 bridgehead atoms. The van der Waals surface area contributed by atoms with E-state index in [1.165, 1.54) is 22.4 Å². The van der Waals surface area contributed by atoms with Gasteiger partial charge in [0.1, 0.15) is 24.0 Å². The fraction of sp³-hybridized carbons (Fsp3) is 0.296. The zero-order chi connectivity index (χ0) is 22.8. The van der Waals surface area contributed by atoms with E-state index in [0.717, 1.165) is 25.9 Å². The van der Waals surface area contributed by atoms with E-state index >= 15 is 0 Å². The number of carboxylic acids is 1. The molecule has 4 aromatic rings. The van der Waals surface area contributed by atoms with Gasteiger partial charge in [-0.05, 0) is 60.3 Å². The second-order valence-corrected chi connectivity index (χ2v) is 8.73. The van der Waals surface area contributed by atoms with Crippen molar-refractivity contribution in [3.63, 3.8) is 0 Å². The van der Waals surface area contributed by atoms with Crippen LogP contribution in [0.25, 0.3) is 21.7 Å². The first-order valence-electron chi connectivity index (χ1n) is 11.3. The number of β-amino-alcohol motifs (C(OH)–C–C–N with tert-alkyl or cyclic N) is 1. The molecule has 1 aliphatic rings. The Bertz CT molecular complexity index is 1270. The van der Waals surface area contributed by atoms with Gasteiger partial charge in [0.2, 0.25) is 5.76 Å². The topological polar surface area (TPSA) is 83.1 Å². The molecule has 1 unspecified atom stereocenters. The SMILES string of the molecule is O=C(O)c1cc2c(OCC(O)CN3CCC(c4ccc5ccccc5c4)CC3)cccc2o1. The Kier molecular flexibility index (Phi) is 6.03. The minimum atomic E-state index is -1.12. The van der Waals surface area contributed by atoms with E-state index in [2.05, 4.69) is 47.4 Å². The molecule has 6 nitrogen and oxygen atoms in total. The Morgan fingerprint density at radius 1 is 1.03 bits per heavy atom. The molecular formula is C27H27NO5. The molecule has 2 heterocycles. The number of aliphatic hydroxyl groups excluding tert-OH is 1. The summed E-state index contributed by atoms with van der Waals surface area (Å²) >= 11 is 0. The van der Waals surface area contributed by atoms with Crippen LogP contribution in [-0.4, -0.2) is 53.4 Å². The zero-order valence-electron chi connectivity index (χ0n) is 18.3. The molecule has 1 fully saturated rings. The summed E-state index contributed by atoms with van der Waals surface area (Å²) in [5.41, 5.74) is 1.85. The number of carboxylic acid groups (broad SMARTS) is 1. The van der Waals surface area contributed by atoms with Crippen LogP contribution >= 0.6 is 0 Å². The lowest BCUT2D eigenvalue weighted by Gasteiger charge is -2.33. The van der Waals surface area contributed by atoms with Crippen molar-refractivity contribution in [1.29, 1.82) is 0 Å². The van der Waals surface area contributed by atoms with Gasteiger partial charge in [0.25, 0.3) is 0 Å². The molecule has 3 aromatic carbocycles. The van der Waals surface area contributed by atoms with E-state index in [9.17, 15) is 9.90 Å². The van der Waals surface area contributed by atoms with Crippen molar-refractivity contribution in [2.45, 2.75) is 24.9 Å². The molecule has 1 atom stereocenters. The summed E-state index contributed by atoms with van der Waals surface area (Å²) in [6.45, 7) is 2.56. The number of furan rings is 1. The lowest BCUT2D eigenvalue weighted by molar-refractivity contribution is 0.0599. The van der Waals surface area contributed by atoms with E-state index < -0.39 is 12.1 Å². The first kappa shape index (κ1) is 21.5. The molecular weight excluding hydrogens is 418 g/mol. The van der Waals surface area contributed by atoms with Crippen LogP contribution in [0, 0.1) is 0 Å². The lowest BCUT2D eigenvalue weighted by Crippen LogP contribution is -2.40. The summed E-state index contributed by atoms with van der Waals surface area (Å²) in [6.07, 6.45) is 1.50. The van der Waals surface area contributed by atoms with Gasteiger partial charge in [-0.3, -0.25) is 0 Å². The van der Waals surface area contributed by atoms with Crippen LogP contribution in [0.5, 0.6) is 5.75 Å². The normalized spacial score (nSPS) is 16.3. The summed E-state index contributed by atoms with van der Waals surface area (Å²) < 4.78 is 11.1.